The quantitative estimate of drug-likeness (QED) is 0.319. The smallest absolute Gasteiger partial charge is 0.308 e. The molecule has 1 atom stereocenters. The van der Waals surface area contributed by atoms with Gasteiger partial charge in [-0.1, -0.05) is 6.07 Å². The summed E-state index contributed by atoms with van der Waals surface area (Å²) in [7, 11) is 0. The Morgan fingerprint density at radius 1 is 1.30 bits per heavy atom. The Kier molecular flexibility index (Phi) is 5.60. The second-order valence-electron chi connectivity index (χ2n) is 6.11. The summed E-state index contributed by atoms with van der Waals surface area (Å²) in [5.74, 6) is -0.348. The largest absolute Gasteiger partial charge is 0.460 e. The van der Waals surface area contributed by atoms with Crippen molar-refractivity contribution in [2.75, 3.05) is 0 Å². The molecule has 2 aromatic carbocycles. The topological polar surface area (TPSA) is 57.5 Å². The summed E-state index contributed by atoms with van der Waals surface area (Å²) in [6.45, 7) is 3.91. The second kappa shape index (κ2) is 7.92. The van der Waals surface area contributed by atoms with Crippen molar-refractivity contribution < 1.29 is 23.5 Å². The third-order valence-corrected chi connectivity index (χ3v) is 4.82. The molecule has 0 N–H and O–H groups in total. The summed E-state index contributed by atoms with van der Waals surface area (Å²) in [6.07, 6.45) is 1.37. The van der Waals surface area contributed by atoms with E-state index in [1.807, 2.05) is 22.9 Å². The van der Waals surface area contributed by atoms with Crippen molar-refractivity contribution in [3.8, 4) is 5.75 Å². The Balaban J connectivity index is 2.07. The van der Waals surface area contributed by atoms with Gasteiger partial charge < -0.3 is 14.0 Å². The van der Waals surface area contributed by atoms with E-state index in [9.17, 15) is 14.0 Å². The van der Waals surface area contributed by atoms with Gasteiger partial charge in [0.15, 0.2) is 0 Å². The maximum atomic E-state index is 13.8. The Labute approximate surface area is 163 Å². The average Bonchev–Trinajstić information content (AvgIpc) is 2.96. The van der Waals surface area contributed by atoms with E-state index >= 15 is 0 Å². The first-order valence-electron chi connectivity index (χ1n) is 8.23. The minimum atomic E-state index is -0.486. The van der Waals surface area contributed by atoms with Crippen LogP contribution in [0.25, 0.3) is 10.9 Å². The van der Waals surface area contributed by atoms with Crippen molar-refractivity contribution in [2.24, 2.45) is 0 Å². The molecule has 0 amide bonds. The molecule has 0 saturated carbocycles. The minimum Gasteiger partial charge on any atom is -0.460 e. The molecule has 27 heavy (non-hydrogen) atoms. The number of hydrogen-bond donors (Lipinski definition) is 0. The number of aromatic nitrogens is 1. The summed E-state index contributed by atoms with van der Waals surface area (Å²) < 4.78 is 26.4. The molecule has 0 saturated heterocycles. The highest BCUT2D eigenvalue weighted by Crippen LogP contribution is 2.32. The number of hydrogen-bond acceptors (Lipinski definition) is 4. The molecule has 0 spiro atoms. The number of carbonyl (C=O) groups excluding carboxylic acids is 2. The van der Waals surface area contributed by atoms with Gasteiger partial charge in [0.2, 0.25) is 0 Å². The van der Waals surface area contributed by atoms with E-state index in [1.165, 1.54) is 13.0 Å². The number of halogens is 2. The molecular weight excluding hydrogens is 417 g/mol. The van der Waals surface area contributed by atoms with Crippen molar-refractivity contribution in [1.82, 2.24) is 4.57 Å². The van der Waals surface area contributed by atoms with Crippen LogP contribution in [0.1, 0.15) is 31.1 Å². The number of nitrogens with zero attached hydrogens (tertiary/aromatic N) is 1. The average molecular weight is 434 g/mol. The van der Waals surface area contributed by atoms with Gasteiger partial charge in [0.05, 0.1) is 4.47 Å². The lowest BCUT2D eigenvalue weighted by atomic mass is 10.1. The van der Waals surface area contributed by atoms with Gasteiger partial charge in [-0.25, -0.2) is 4.39 Å². The Hall–Kier alpha value is -2.67. The molecule has 3 aromatic rings. The van der Waals surface area contributed by atoms with Crippen LogP contribution < -0.4 is 4.74 Å². The molecule has 0 aliphatic heterocycles. The highest BCUT2D eigenvalue weighted by molar-refractivity contribution is 9.10. The standard InChI is InChI=1S/C20H17BrFNO4/c1-12(26-11-24)17-10-23(9-14-3-5-18(21)19(22)7-14)20-6-4-15(8-16(17)20)27-13(2)25/h3-8,10-12H,9H2,1-2H3. The first kappa shape index (κ1) is 19.1. The molecule has 0 aliphatic rings. The number of rotatable bonds is 6. The first-order valence-corrected chi connectivity index (χ1v) is 9.02. The highest BCUT2D eigenvalue weighted by atomic mass is 79.9. The van der Waals surface area contributed by atoms with Crippen LogP contribution in [0.15, 0.2) is 47.1 Å². The first-order chi connectivity index (χ1) is 12.9. The van der Waals surface area contributed by atoms with Crippen LogP contribution in [0.3, 0.4) is 0 Å². The lowest BCUT2D eigenvalue weighted by Gasteiger charge is -2.08. The number of ether oxygens (including phenoxy) is 2. The normalized spacial score (nSPS) is 12.0. The summed E-state index contributed by atoms with van der Waals surface area (Å²) in [5, 5.41) is 0.792. The molecule has 1 unspecified atom stereocenters. The van der Waals surface area contributed by atoms with E-state index < -0.39 is 12.1 Å². The maximum absolute atomic E-state index is 13.8. The van der Waals surface area contributed by atoms with Crippen molar-refractivity contribution in [2.45, 2.75) is 26.5 Å². The SMILES string of the molecule is CC(=O)Oc1ccc2c(c1)c(C(C)OC=O)cn2Cc1ccc(Br)c(F)c1. The van der Waals surface area contributed by atoms with Crippen LogP contribution in [0.2, 0.25) is 0 Å². The number of esters is 1. The van der Waals surface area contributed by atoms with Gasteiger partial charge in [0.25, 0.3) is 6.47 Å². The van der Waals surface area contributed by atoms with Crippen LogP contribution in [0.5, 0.6) is 5.75 Å². The van der Waals surface area contributed by atoms with E-state index in [1.54, 1.807) is 25.1 Å². The summed E-state index contributed by atoms with van der Waals surface area (Å²) in [4.78, 5) is 22.0. The van der Waals surface area contributed by atoms with Gasteiger partial charge >= 0.3 is 5.97 Å². The molecular formula is C20H17BrFNO4. The highest BCUT2D eigenvalue weighted by Gasteiger charge is 2.17. The van der Waals surface area contributed by atoms with E-state index in [0.717, 1.165) is 22.0 Å². The maximum Gasteiger partial charge on any atom is 0.308 e. The number of benzene rings is 2. The van der Waals surface area contributed by atoms with Crippen LogP contribution >= 0.6 is 15.9 Å². The molecule has 1 heterocycles. The zero-order valence-corrected chi connectivity index (χ0v) is 16.3. The number of fused-ring (bicyclic) bond motifs is 1. The van der Waals surface area contributed by atoms with Crippen LogP contribution in [0.4, 0.5) is 4.39 Å². The Bertz CT molecular complexity index is 1010. The molecule has 140 valence electrons. The third kappa shape index (κ3) is 4.19. The van der Waals surface area contributed by atoms with E-state index in [0.29, 0.717) is 23.2 Å². The Morgan fingerprint density at radius 2 is 2.07 bits per heavy atom. The lowest BCUT2D eigenvalue weighted by molar-refractivity contribution is -0.133. The minimum absolute atomic E-state index is 0.334. The zero-order chi connectivity index (χ0) is 19.6. The van der Waals surface area contributed by atoms with Gasteiger partial charge in [-0.05, 0) is 58.7 Å². The molecule has 0 aliphatic carbocycles. The van der Waals surface area contributed by atoms with Crippen LogP contribution in [0, 0.1) is 5.82 Å². The fourth-order valence-electron chi connectivity index (χ4n) is 2.98. The van der Waals surface area contributed by atoms with Gasteiger partial charge in [-0.2, -0.15) is 0 Å². The molecule has 0 fully saturated rings. The van der Waals surface area contributed by atoms with E-state index in [2.05, 4.69) is 15.9 Å². The molecule has 3 rings (SSSR count). The fraction of sp³-hybridized carbons (Fsp3) is 0.200. The molecule has 0 bridgehead atoms. The van der Waals surface area contributed by atoms with Gasteiger partial charge in [0.1, 0.15) is 17.7 Å². The summed E-state index contributed by atoms with van der Waals surface area (Å²) in [5.41, 5.74) is 2.40. The van der Waals surface area contributed by atoms with Crippen molar-refractivity contribution in [1.29, 1.82) is 0 Å². The monoisotopic (exact) mass is 433 g/mol. The second-order valence-corrected chi connectivity index (χ2v) is 6.96. The predicted octanol–water partition coefficient (Wildman–Crippen LogP) is 4.75. The lowest BCUT2D eigenvalue weighted by Crippen LogP contribution is -2.01. The molecule has 0 radical (unpaired) electrons. The van der Waals surface area contributed by atoms with Crippen molar-refractivity contribution >= 4 is 39.3 Å². The van der Waals surface area contributed by atoms with Crippen molar-refractivity contribution in [3.63, 3.8) is 0 Å². The molecule has 7 heteroatoms. The zero-order valence-electron chi connectivity index (χ0n) is 14.7. The number of carbonyl (C=O) groups is 2. The van der Waals surface area contributed by atoms with Crippen LogP contribution in [-0.4, -0.2) is 17.0 Å². The molecule has 5 nitrogen and oxygen atoms in total. The van der Waals surface area contributed by atoms with E-state index in [-0.39, 0.29) is 5.82 Å². The van der Waals surface area contributed by atoms with Gasteiger partial charge in [0, 0.05) is 36.1 Å². The molecule has 1 aromatic heterocycles. The van der Waals surface area contributed by atoms with Gasteiger partial charge in [-0.3, -0.25) is 9.59 Å². The summed E-state index contributed by atoms with van der Waals surface area (Å²) in [6, 6.07) is 10.2. The van der Waals surface area contributed by atoms with Crippen LogP contribution in [-0.2, 0) is 20.9 Å². The third-order valence-electron chi connectivity index (χ3n) is 4.18. The Morgan fingerprint density at radius 3 is 2.74 bits per heavy atom. The summed E-state index contributed by atoms with van der Waals surface area (Å²) >= 11 is 3.15. The van der Waals surface area contributed by atoms with Crippen molar-refractivity contribution in [3.05, 3.63) is 64.0 Å². The van der Waals surface area contributed by atoms with Gasteiger partial charge in [-0.15, -0.1) is 0 Å². The van der Waals surface area contributed by atoms with E-state index in [4.69, 9.17) is 9.47 Å². The predicted molar refractivity (Wildman–Crippen MR) is 102 cm³/mol. The fourth-order valence-corrected chi connectivity index (χ4v) is 3.23.